The van der Waals surface area contributed by atoms with Crippen LogP contribution in [0.4, 0.5) is 0 Å². The summed E-state index contributed by atoms with van der Waals surface area (Å²) in [5.74, 6) is -0.842. The molecule has 21 heavy (non-hydrogen) atoms. The lowest BCUT2D eigenvalue weighted by atomic mass is 9.93. The number of benzene rings is 1. The first-order chi connectivity index (χ1) is 9.66. The Morgan fingerprint density at radius 3 is 2.62 bits per heavy atom. The van der Waals surface area contributed by atoms with Gasteiger partial charge in [0.1, 0.15) is 16.9 Å². The van der Waals surface area contributed by atoms with Crippen molar-refractivity contribution in [1.29, 1.82) is 0 Å². The van der Waals surface area contributed by atoms with Crippen molar-refractivity contribution in [2.45, 2.75) is 32.3 Å². The lowest BCUT2D eigenvalue weighted by molar-refractivity contribution is -0.499. The normalized spacial score (nSPS) is 13.5. The number of phenolic OH excluding ortho intramolecular Hbond substituents is 1. The Morgan fingerprint density at radius 2 is 2.10 bits per heavy atom. The minimum absolute atomic E-state index is 0.0343. The minimum Gasteiger partial charge on any atom is -0.507 e. The average molecular weight is 297 g/mol. The summed E-state index contributed by atoms with van der Waals surface area (Å²) in [6.45, 7) is 2.60. The topological polar surface area (TPSA) is 110 Å². The van der Waals surface area contributed by atoms with Gasteiger partial charge in [-0.2, -0.15) is 0 Å². The van der Waals surface area contributed by atoms with Crippen molar-refractivity contribution in [3.05, 3.63) is 38.9 Å². The van der Waals surface area contributed by atoms with E-state index in [0.717, 1.165) is 11.1 Å². The third-order valence-corrected chi connectivity index (χ3v) is 3.26. The van der Waals surface area contributed by atoms with Crippen molar-refractivity contribution >= 4 is 5.97 Å². The molecule has 0 saturated heterocycles. The predicted octanol–water partition coefficient (Wildman–Crippen LogP) is 1.45. The van der Waals surface area contributed by atoms with Crippen LogP contribution in [0.2, 0.25) is 0 Å². The molecule has 0 fully saturated rings. The number of aromatic hydroxyl groups is 1. The summed E-state index contributed by atoms with van der Waals surface area (Å²) < 4.78 is 4.57. The molecule has 0 bridgehead atoms. The summed E-state index contributed by atoms with van der Waals surface area (Å²) in [6.07, 6.45) is 0.511. The number of hydrogen-bond acceptors (Lipinski definition) is 6. The molecule has 0 aliphatic carbocycles. The number of rotatable bonds is 6. The molecule has 1 aromatic carbocycles. The maximum atomic E-state index is 11.5. The Balaban J connectivity index is 2.93. The van der Waals surface area contributed by atoms with Crippen molar-refractivity contribution in [3.63, 3.8) is 0 Å². The quantitative estimate of drug-likeness (QED) is 0.467. The highest BCUT2D eigenvalue weighted by molar-refractivity contribution is 5.92. The van der Waals surface area contributed by atoms with Gasteiger partial charge in [-0.15, -0.1) is 0 Å². The molecular weight excluding hydrogens is 278 g/mol. The second kappa shape index (κ2) is 6.53. The molecule has 0 aromatic heterocycles. The van der Waals surface area contributed by atoms with Crippen LogP contribution in [0.1, 0.15) is 34.8 Å². The van der Waals surface area contributed by atoms with Gasteiger partial charge in [-0.25, -0.2) is 4.79 Å². The summed E-state index contributed by atoms with van der Waals surface area (Å²) in [7, 11) is 1.21. The van der Waals surface area contributed by atoms with Crippen LogP contribution in [-0.4, -0.2) is 40.4 Å². The Morgan fingerprint density at radius 1 is 1.48 bits per heavy atom. The third-order valence-electron chi connectivity index (χ3n) is 3.26. The first-order valence-corrected chi connectivity index (χ1v) is 6.41. The molecule has 7 heteroatoms. The molecule has 1 unspecified atom stereocenters. The highest BCUT2D eigenvalue weighted by Gasteiger charge is 2.27. The van der Waals surface area contributed by atoms with E-state index in [9.17, 15) is 25.1 Å². The SMILES string of the molecule is COC(=O)c1cc(CCC(C)(O)C[N+](=O)[O-])c(C)cc1O. The lowest BCUT2D eigenvalue weighted by Gasteiger charge is -2.19. The van der Waals surface area contributed by atoms with Crippen molar-refractivity contribution in [2.24, 2.45) is 0 Å². The standard InChI is InChI=1S/C14H19NO6/c1-9-6-12(16)11(13(17)21-3)7-10(9)4-5-14(2,18)8-15(19)20/h6-7,16,18H,4-5,8H2,1-3H3. The van der Waals surface area contributed by atoms with E-state index in [0.29, 0.717) is 6.42 Å². The van der Waals surface area contributed by atoms with Crippen LogP contribution < -0.4 is 0 Å². The first kappa shape index (κ1) is 16.9. The average Bonchev–Trinajstić information content (AvgIpc) is 2.35. The van der Waals surface area contributed by atoms with Crippen LogP contribution in [0.5, 0.6) is 5.75 Å². The number of nitro groups is 1. The van der Waals surface area contributed by atoms with Crippen molar-refractivity contribution in [1.82, 2.24) is 0 Å². The molecule has 1 atom stereocenters. The van der Waals surface area contributed by atoms with Gasteiger partial charge in [-0.05, 0) is 49.9 Å². The summed E-state index contributed by atoms with van der Waals surface area (Å²) in [5, 5.41) is 30.1. The van der Waals surface area contributed by atoms with Crippen molar-refractivity contribution in [3.8, 4) is 5.75 Å². The van der Waals surface area contributed by atoms with Crippen LogP contribution >= 0.6 is 0 Å². The van der Waals surface area contributed by atoms with E-state index in [1.54, 1.807) is 6.92 Å². The van der Waals surface area contributed by atoms with Crippen LogP contribution in [-0.2, 0) is 11.2 Å². The predicted molar refractivity (Wildman–Crippen MR) is 75.0 cm³/mol. The van der Waals surface area contributed by atoms with E-state index in [1.165, 1.54) is 26.2 Å². The van der Waals surface area contributed by atoms with E-state index < -0.39 is 23.0 Å². The largest absolute Gasteiger partial charge is 0.507 e. The number of phenols is 1. The van der Waals surface area contributed by atoms with Gasteiger partial charge in [-0.1, -0.05) is 0 Å². The zero-order chi connectivity index (χ0) is 16.2. The number of esters is 1. The molecule has 0 saturated carbocycles. The molecule has 0 heterocycles. The molecule has 2 N–H and O–H groups in total. The fourth-order valence-electron chi connectivity index (χ4n) is 2.04. The van der Waals surface area contributed by atoms with Gasteiger partial charge in [-0.3, -0.25) is 10.1 Å². The molecule has 1 aromatic rings. The summed E-state index contributed by atoms with van der Waals surface area (Å²) in [4.78, 5) is 21.4. The van der Waals surface area contributed by atoms with Gasteiger partial charge in [0.15, 0.2) is 0 Å². The van der Waals surface area contributed by atoms with Crippen molar-refractivity contribution in [2.75, 3.05) is 13.7 Å². The fraction of sp³-hybridized carbons (Fsp3) is 0.500. The molecule has 116 valence electrons. The van der Waals surface area contributed by atoms with E-state index in [1.807, 2.05) is 0 Å². The molecule has 0 aliphatic heterocycles. The number of carbonyl (C=O) groups is 1. The van der Waals surface area contributed by atoms with E-state index in [4.69, 9.17) is 0 Å². The molecule has 0 radical (unpaired) electrons. The highest BCUT2D eigenvalue weighted by Crippen LogP contribution is 2.25. The molecule has 0 amide bonds. The van der Waals surface area contributed by atoms with E-state index >= 15 is 0 Å². The third kappa shape index (κ3) is 4.71. The number of ether oxygens (including phenoxy) is 1. The number of nitrogens with zero attached hydrogens (tertiary/aromatic N) is 1. The lowest BCUT2D eigenvalue weighted by Crippen LogP contribution is -2.34. The fourth-order valence-corrected chi connectivity index (χ4v) is 2.04. The smallest absolute Gasteiger partial charge is 0.341 e. The van der Waals surface area contributed by atoms with Crippen LogP contribution in [0, 0.1) is 17.0 Å². The maximum absolute atomic E-state index is 11.5. The molecule has 1 rings (SSSR count). The Kier molecular flexibility index (Phi) is 5.26. The zero-order valence-corrected chi connectivity index (χ0v) is 12.3. The minimum atomic E-state index is -1.43. The Labute approximate surface area is 122 Å². The number of hydrogen-bond donors (Lipinski definition) is 2. The summed E-state index contributed by atoms with van der Waals surface area (Å²) in [5.41, 5.74) is 0.0556. The van der Waals surface area contributed by atoms with Crippen LogP contribution in [0.25, 0.3) is 0 Å². The van der Waals surface area contributed by atoms with Gasteiger partial charge in [0.2, 0.25) is 6.54 Å². The number of methoxy groups -OCH3 is 1. The number of carbonyl (C=O) groups excluding carboxylic acids is 1. The van der Waals surface area contributed by atoms with Gasteiger partial charge >= 0.3 is 5.97 Å². The van der Waals surface area contributed by atoms with Gasteiger partial charge < -0.3 is 14.9 Å². The molecule has 7 nitrogen and oxygen atoms in total. The Hall–Kier alpha value is -2.15. The second-order valence-electron chi connectivity index (χ2n) is 5.28. The van der Waals surface area contributed by atoms with Crippen molar-refractivity contribution < 1.29 is 24.7 Å². The van der Waals surface area contributed by atoms with Gasteiger partial charge in [0, 0.05) is 4.92 Å². The molecular formula is C14H19NO6. The maximum Gasteiger partial charge on any atom is 0.341 e. The van der Waals surface area contributed by atoms with E-state index in [-0.39, 0.29) is 17.7 Å². The monoisotopic (exact) mass is 297 g/mol. The molecule has 0 aliphatic rings. The van der Waals surface area contributed by atoms with Crippen LogP contribution in [0.15, 0.2) is 12.1 Å². The Bertz CT molecular complexity index is 553. The highest BCUT2D eigenvalue weighted by atomic mass is 16.6. The summed E-state index contributed by atoms with van der Waals surface area (Å²) >= 11 is 0. The molecule has 0 spiro atoms. The van der Waals surface area contributed by atoms with E-state index in [2.05, 4.69) is 4.74 Å². The second-order valence-corrected chi connectivity index (χ2v) is 5.28. The summed E-state index contributed by atoms with van der Waals surface area (Å²) in [6, 6.07) is 2.92. The zero-order valence-electron chi connectivity index (χ0n) is 12.3. The number of aryl methyl sites for hydroxylation is 2. The van der Waals surface area contributed by atoms with Crippen LogP contribution in [0.3, 0.4) is 0 Å². The first-order valence-electron chi connectivity index (χ1n) is 6.41. The van der Waals surface area contributed by atoms with Gasteiger partial charge in [0.25, 0.3) is 0 Å². The number of aliphatic hydroxyl groups is 1. The van der Waals surface area contributed by atoms with Gasteiger partial charge in [0.05, 0.1) is 7.11 Å².